The number of piperidine rings is 1. The average molecular weight is 452 g/mol. The lowest BCUT2D eigenvalue weighted by Gasteiger charge is -2.38. The van der Waals surface area contributed by atoms with Gasteiger partial charge in [-0.05, 0) is 57.2 Å². The summed E-state index contributed by atoms with van der Waals surface area (Å²) < 4.78 is 33.8. The smallest absolute Gasteiger partial charge is 0.214 e. The number of ether oxygens (including phenoxy) is 1. The van der Waals surface area contributed by atoms with Crippen LogP contribution < -0.4 is 10.1 Å². The van der Waals surface area contributed by atoms with Gasteiger partial charge in [0.15, 0.2) is 0 Å². The van der Waals surface area contributed by atoms with Gasteiger partial charge in [-0.1, -0.05) is 0 Å². The summed E-state index contributed by atoms with van der Waals surface area (Å²) >= 11 is 0. The van der Waals surface area contributed by atoms with E-state index in [0.29, 0.717) is 6.04 Å². The Kier molecular flexibility index (Phi) is 8.82. The molecule has 4 atom stereocenters. The van der Waals surface area contributed by atoms with E-state index in [1.807, 2.05) is 16.4 Å². The third-order valence-corrected chi connectivity index (χ3v) is 8.06. The van der Waals surface area contributed by atoms with Crippen LogP contribution >= 0.6 is 24.8 Å². The summed E-state index contributed by atoms with van der Waals surface area (Å²) in [5, 5.41) is 3.45. The Bertz CT molecular complexity index is 688. The van der Waals surface area contributed by atoms with E-state index in [-0.39, 0.29) is 48.8 Å². The molecule has 0 aromatic carbocycles. The van der Waals surface area contributed by atoms with E-state index in [1.54, 1.807) is 12.4 Å². The Morgan fingerprint density at radius 2 is 1.79 bits per heavy atom. The normalized spacial score (nSPS) is 29.7. The van der Waals surface area contributed by atoms with Crippen LogP contribution in [0.2, 0.25) is 0 Å². The maximum Gasteiger partial charge on any atom is 0.214 e. The Hall–Kier alpha value is -0.600. The Labute approximate surface area is 180 Å². The molecule has 4 rings (SSSR count). The molecule has 160 valence electrons. The third-order valence-electron chi connectivity index (χ3n) is 6.01. The first-order valence-corrected chi connectivity index (χ1v) is 11.5. The average Bonchev–Trinajstić information content (AvgIpc) is 3.23. The monoisotopic (exact) mass is 451 g/mol. The molecule has 1 N–H and O–H groups in total. The van der Waals surface area contributed by atoms with Crippen molar-refractivity contribution in [2.75, 3.05) is 12.3 Å². The second-order valence-corrected chi connectivity index (χ2v) is 9.85. The van der Waals surface area contributed by atoms with E-state index in [2.05, 4.69) is 10.3 Å². The number of nitrogens with zero attached hydrogens (tertiary/aromatic N) is 2. The third kappa shape index (κ3) is 5.51. The zero-order chi connectivity index (χ0) is 18.0. The molecule has 1 unspecified atom stereocenters. The number of aromatic nitrogens is 1. The van der Waals surface area contributed by atoms with Crippen molar-refractivity contribution in [1.82, 2.24) is 14.6 Å². The molecule has 0 saturated carbocycles. The summed E-state index contributed by atoms with van der Waals surface area (Å²) in [5.74, 6) is 1.11. The lowest BCUT2D eigenvalue weighted by Crippen LogP contribution is -2.49. The number of hydrogen-bond acceptors (Lipinski definition) is 5. The summed E-state index contributed by atoms with van der Waals surface area (Å²) in [6.45, 7) is 1.08. The number of hydrogen-bond donors (Lipinski definition) is 1. The predicted molar refractivity (Wildman–Crippen MR) is 115 cm³/mol. The number of pyridine rings is 1. The highest BCUT2D eigenvalue weighted by Crippen LogP contribution is 2.39. The fourth-order valence-electron chi connectivity index (χ4n) is 4.86. The minimum Gasteiger partial charge on any atom is -0.490 e. The van der Waals surface area contributed by atoms with Crippen LogP contribution in [0.3, 0.4) is 0 Å². The number of fused-ring (bicyclic) bond motifs is 2. The van der Waals surface area contributed by atoms with Crippen molar-refractivity contribution in [2.45, 2.75) is 75.6 Å². The fraction of sp³-hybridized carbons (Fsp3) is 0.737. The van der Waals surface area contributed by atoms with E-state index in [4.69, 9.17) is 4.74 Å². The first-order valence-electron chi connectivity index (χ1n) is 9.93. The highest BCUT2D eigenvalue weighted by atomic mass is 35.5. The van der Waals surface area contributed by atoms with Crippen molar-refractivity contribution in [3.8, 4) is 5.75 Å². The minimum absolute atomic E-state index is 0. The number of halogens is 2. The lowest BCUT2D eigenvalue weighted by molar-refractivity contribution is 0.0956. The number of sulfonamides is 1. The maximum absolute atomic E-state index is 12.9. The molecule has 3 saturated heterocycles. The molecule has 3 fully saturated rings. The maximum atomic E-state index is 12.9. The van der Waals surface area contributed by atoms with Crippen LogP contribution in [0.25, 0.3) is 0 Å². The van der Waals surface area contributed by atoms with Crippen LogP contribution in [0.5, 0.6) is 5.75 Å². The summed E-state index contributed by atoms with van der Waals surface area (Å²) in [6, 6.07) is 4.45. The van der Waals surface area contributed by atoms with Crippen molar-refractivity contribution >= 4 is 34.8 Å². The van der Waals surface area contributed by atoms with Crippen molar-refractivity contribution in [3.05, 3.63) is 24.5 Å². The SMILES string of the molecule is Cl.Cl.O=S(=O)(CCC[C@@H]1CCCN1)N1[C@@H]2CC[C@H]1CC(Oc1ccncc1)C2. The topological polar surface area (TPSA) is 71.5 Å². The molecular weight excluding hydrogens is 421 g/mol. The molecule has 2 bridgehead atoms. The molecule has 0 spiro atoms. The van der Waals surface area contributed by atoms with E-state index >= 15 is 0 Å². The predicted octanol–water partition coefficient (Wildman–Crippen LogP) is 3.16. The quantitative estimate of drug-likeness (QED) is 0.688. The highest BCUT2D eigenvalue weighted by molar-refractivity contribution is 7.89. The summed E-state index contributed by atoms with van der Waals surface area (Å²) in [4.78, 5) is 4.01. The molecule has 1 aromatic heterocycles. The summed E-state index contributed by atoms with van der Waals surface area (Å²) in [6.07, 6.45) is 11.2. The first-order chi connectivity index (χ1) is 12.6. The molecule has 0 aliphatic carbocycles. The van der Waals surface area contributed by atoms with Gasteiger partial charge in [-0.15, -0.1) is 24.8 Å². The van der Waals surface area contributed by atoms with Crippen molar-refractivity contribution in [2.24, 2.45) is 0 Å². The van der Waals surface area contributed by atoms with Gasteiger partial charge in [0.05, 0.1) is 5.75 Å². The number of nitrogens with one attached hydrogen (secondary N) is 1. The second-order valence-electron chi connectivity index (χ2n) is 7.86. The van der Waals surface area contributed by atoms with Gasteiger partial charge in [0.1, 0.15) is 11.9 Å². The van der Waals surface area contributed by atoms with E-state index in [1.165, 1.54) is 12.8 Å². The zero-order valence-corrected chi connectivity index (χ0v) is 18.5. The number of rotatable bonds is 7. The van der Waals surface area contributed by atoms with Crippen molar-refractivity contribution in [1.29, 1.82) is 0 Å². The van der Waals surface area contributed by atoms with Crippen LogP contribution in [0.15, 0.2) is 24.5 Å². The largest absolute Gasteiger partial charge is 0.490 e. The summed E-state index contributed by atoms with van der Waals surface area (Å²) in [7, 11) is -3.17. The van der Waals surface area contributed by atoms with Gasteiger partial charge >= 0.3 is 0 Å². The highest BCUT2D eigenvalue weighted by Gasteiger charge is 2.47. The lowest BCUT2D eigenvalue weighted by atomic mass is 10.0. The van der Waals surface area contributed by atoms with Gasteiger partial charge < -0.3 is 10.1 Å². The van der Waals surface area contributed by atoms with Crippen LogP contribution in [0, 0.1) is 0 Å². The van der Waals surface area contributed by atoms with Gasteiger partial charge in [-0.3, -0.25) is 4.98 Å². The van der Waals surface area contributed by atoms with E-state index in [0.717, 1.165) is 50.8 Å². The van der Waals surface area contributed by atoms with Gasteiger partial charge in [0, 0.05) is 43.4 Å². The van der Waals surface area contributed by atoms with Gasteiger partial charge in [0.2, 0.25) is 10.0 Å². The Balaban J connectivity index is 0.00000140. The summed E-state index contributed by atoms with van der Waals surface area (Å²) in [5.41, 5.74) is 0. The molecular formula is C19H31Cl2N3O3S. The Morgan fingerprint density at radius 1 is 1.11 bits per heavy atom. The van der Waals surface area contributed by atoms with Crippen LogP contribution in [-0.2, 0) is 10.0 Å². The molecule has 1 aromatic rings. The van der Waals surface area contributed by atoms with Crippen LogP contribution in [0.1, 0.15) is 51.4 Å². The van der Waals surface area contributed by atoms with E-state index in [9.17, 15) is 8.42 Å². The molecule has 28 heavy (non-hydrogen) atoms. The van der Waals surface area contributed by atoms with Crippen molar-refractivity contribution in [3.63, 3.8) is 0 Å². The standard InChI is InChI=1S/C19H29N3O3S.2ClH/c23-26(24,12-2-4-15-3-1-9-21-15)22-16-5-6-17(22)14-19(13-16)25-18-7-10-20-11-8-18;;/h7-8,10-11,15-17,19,21H,1-6,9,12-14H2;2*1H/t15-,16-,17+,19?;;/m0../s1. The molecule has 4 heterocycles. The molecule has 0 radical (unpaired) electrons. The first kappa shape index (κ1) is 23.7. The minimum atomic E-state index is -3.17. The van der Waals surface area contributed by atoms with Crippen LogP contribution in [0.4, 0.5) is 0 Å². The zero-order valence-electron chi connectivity index (χ0n) is 16.0. The van der Waals surface area contributed by atoms with Gasteiger partial charge in [-0.2, -0.15) is 4.31 Å². The van der Waals surface area contributed by atoms with Crippen molar-refractivity contribution < 1.29 is 13.2 Å². The molecule has 3 aliphatic rings. The molecule has 0 amide bonds. The Morgan fingerprint density at radius 3 is 2.39 bits per heavy atom. The molecule has 6 nitrogen and oxygen atoms in total. The molecule has 9 heteroatoms. The van der Waals surface area contributed by atoms with Gasteiger partial charge in [-0.25, -0.2) is 8.42 Å². The van der Waals surface area contributed by atoms with Gasteiger partial charge in [0.25, 0.3) is 0 Å². The van der Waals surface area contributed by atoms with E-state index < -0.39 is 10.0 Å². The van der Waals surface area contributed by atoms with Crippen LogP contribution in [-0.4, -0.2) is 54.2 Å². The second kappa shape index (κ2) is 10.4. The fourth-order valence-corrected chi connectivity index (χ4v) is 6.90. The molecule has 3 aliphatic heterocycles.